The van der Waals surface area contributed by atoms with Gasteiger partial charge in [0.2, 0.25) is 0 Å². The Bertz CT molecular complexity index is 552. The zero-order valence-electron chi connectivity index (χ0n) is 10.00. The van der Waals surface area contributed by atoms with Crippen molar-refractivity contribution in [2.45, 2.75) is 13.5 Å². The summed E-state index contributed by atoms with van der Waals surface area (Å²) < 4.78 is 5.59. The summed E-state index contributed by atoms with van der Waals surface area (Å²) in [6.07, 6.45) is 0. The molecule has 92 valence electrons. The van der Waals surface area contributed by atoms with E-state index in [1.807, 2.05) is 36.4 Å². The molecule has 0 aromatic heterocycles. The van der Waals surface area contributed by atoms with Gasteiger partial charge in [0.1, 0.15) is 12.4 Å². The van der Waals surface area contributed by atoms with Gasteiger partial charge in [-0.3, -0.25) is 10.1 Å². The zero-order chi connectivity index (χ0) is 13.0. The summed E-state index contributed by atoms with van der Waals surface area (Å²) in [6, 6.07) is 14.4. The number of ether oxygens (including phenoxy) is 1. The summed E-state index contributed by atoms with van der Waals surface area (Å²) in [7, 11) is 0. The average Bonchev–Trinajstić information content (AvgIpc) is 2.38. The van der Waals surface area contributed by atoms with Gasteiger partial charge in [-0.25, -0.2) is 0 Å². The standard InChI is InChI=1S/C14H13NO3/c1-11-12(6-5-9-14(11)15(16)17)10-18-13-7-3-2-4-8-13/h2-9H,10H2,1H3. The van der Waals surface area contributed by atoms with Crippen LogP contribution >= 0.6 is 0 Å². The lowest BCUT2D eigenvalue weighted by molar-refractivity contribution is -0.385. The van der Waals surface area contributed by atoms with E-state index in [2.05, 4.69) is 0 Å². The SMILES string of the molecule is Cc1c(COc2ccccc2)cccc1[N+](=O)[O-]. The van der Waals surface area contributed by atoms with Gasteiger partial charge < -0.3 is 4.74 Å². The van der Waals surface area contributed by atoms with Gasteiger partial charge in [0.15, 0.2) is 0 Å². The fraction of sp³-hybridized carbons (Fsp3) is 0.143. The minimum atomic E-state index is -0.374. The van der Waals surface area contributed by atoms with Crippen molar-refractivity contribution >= 4 is 5.69 Å². The van der Waals surface area contributed by atoms with Gasteiger partial charge in [0.25, 0.3) is 5.69 Å². The van der Waals surface area contributed by atoms with E-state index in [4.69, 9.17) is 4.74 Å². The molecule has 2 aromatic carbocycles. The number of hydrogen-bond acceptors (Lipinski definition) is 3. The van der Waals surface area contributed by atoms with Gasteiger partial charge in [0, 0.05) is 11.6 Å². The molecule has 0 radical (unpaired) electrons. The summed E-state index contributed by atoms with van der Waals surface area (Å²) in [5.74, 6) is 0.753. The Hall–Kier alpha value is -2.36. The fourth-order valence-corrected chi connectivity index (χ4v) is 1.70. The lowest BCUT2D eigenvalue weighted by atomic mass is 10.1. The Kier molecular flexibility index (Phi) is 3.57. The maximum Gasteiger partial charge on any atom is 0.272 e. The second-order valence-electron chi connectivity index (χ2n) is 3.92. The van der Waals surface area contributed by atoms with Gasteiger partial charge in [0.05, 0.1) is 4.92 Å². The van der Waals surface area contributed by atoms with E-state index in [1.165, 1.54) is 6.07 Å². The van der Waals surface area contributed by atoms with Crippen molar-refractivity contribution in [2.24, 2.45) is 0 Å². The minimum absolute atomic E-state index is 0.129. The van der Waals surface area contributed by atoms with Gasteiger partial charge in [-0.15, -0.1) is 0 Å². The number of hydrogen-bond donors (Lipinski definition) is 0. The highest BCUT2D eigenvalue weighted by Gasteiger charge is 2.13. The maximum atomic E-state index is 10.8. The third-order valence-corrected chi connectivity index (χ3v) is 2.75. The normalized spacial score (nSPS) is 10.1. The van der Waals surface area contributed by atoms with Gasteiger partial charge in [-0.1, -0.05) is 30.3 Å². The van der Waals surface area contributed by atoms with Crippen LogP contribution in [0, 0.1) is 17.0 Å². The predicted octanol–water partition coefficient (Wildman–Crippen LogP) is 3.48. The first kappa shape index (κ1) is 12.1. The van der Waals surface area contributed by atoms with Crippen LogP contribution in [0.1, 0.15) is 11.1 Å². The fourth-order valence-electron chi connectivity index (χ4n) is 1.70. The number of benzene rings is 2. The predicted molar refractivity (Wildman–Crippen MR) is 68.6 cm³/mol. The topological polar surface area (TPSA) is 52.4 Å². The summed E-state index contributed by atoms with van der Waals surface area (Å²) >= 11 is 0. The van der Waals surface area contributed by atoms with Gasteiger partial charge >= 0.3 is 0 Å². The lowest BCUT2D eigenvalue weighted by Gasteiger charge is -2.08. The van der Waals surface area contributed by atoms with Crippen molar-refractivity contribution in [1.29, 1.82) is 0 Å². The van der Waals surface area contributed by atoms with E-state index in [1.54, 1.807) is 13.0 Å². The van der Waals surface area contributed by atoms with Crippen LogP contribution in [0.3, 0.4) is 0 Å². The van der Waals surface area contributed by atoms with E-state index in [-0.39, 0.29) is 10.6 Å². The van der Waals surface area contributed by atoms with Crippen molar-refractivity contribution in [3.63, 3.8) is 0 Å². The quantitative estimate of drug-likeness (QED) is 0.610. The van der Waals surface area contributed by atoms with E-state index in [0.29, 0.717) is 12.2 Å². The molecule has 2 rings (SSSR count). The molecular formula is C14H13NO3. The summed E-state index contributed by atoms with van der Waals surface area (Å²) in [5.41, 5.74) is 1.61. The molecule has 0 N–H and O–H groups in total. The van der Waals surface area contributed by atoms with Crippen LogP contribution in [0.2, 0.25) is 0 Å². The van der Waals surface area contributed by atoms with Crippen LogP contribution in [0.5, 0.6) is 5.75 Å². The Morgan fingerprint density at radius 1 is 1.11 bits per heavy atom. The summed E-state index contributed by atoms with van der Waals surface area (Å²) in [5, 5.41) is 10.8. The molecule has 0 spiro atoms. The van der Waals surface area contributed by atoms with E-state index < -0.39 is 0 Å². The molecule has 0 fully saturated rings. The highest BCUT2D eigenvalue weighted by atomic mass is 16.6. The molecule has 2 aromatic rings. The Morgan fingerprint density at radius 3 is 2.50 bits per heavy atom. The summed E-state index contributed by atoms with van der Waals surface area (Å²) in [6.45, 7) is 2.07. The van der Waals surface area contributed by atoms with Gasteiger partial charge in [-0.2, -0.15) is 0 Å². The average molecular weight is 243 g/mol. The Balaban J connectivity index is 2.15. The molecule has 0 aliphatic carbocycles. The number of rotatable bonds is 4. The largest absolute Gasteiger partial charge is 0.489 e. The molecule has 18 heavy (non-hydrogen) atoms. The van der Waals surface area contributed by atoms with Crippen molar-refractivity contribution in [2.75, 3.05) is 0 Å². The van der Waals surface area contributed by atoms with Gasteiger partial charge in [-0.05, 0) is 24.6 Å². The van der Waals surface area contributed by atoms with Crippen LogP contribution in [0.15, 0.2) is 48.5 Å². The summed E-state index contributed by atoms with van der Waals surface area (Å²) in [4.78, 5) is 10.4. The number of para-hydroxylation sites is 1. The third-order valence-electron chi connectivity index (χ3n) is 2.75. The molecule has 0 atom stereocenters. The molecular weight excluding hydrogens is 230 g/mol. The van der Waals surface area contributed by atoms with E-state index in [9.17, 15) is 10.1 Å². The monoisotopic (exact) mass is 243 g/mol. The molecule has 0 bridgehead atoms. The van der Waals surface area contributed by atoms with Crippen molar-refractivity contribution in [3.8, 4) is 5.75 Å². The molecule has 4 nitrogen and oxygen atoms in total. The molecule has 0 saturated heterocycles. The second-order valence-corrected chi connectivity index (χ2v) is 3.92. The molecule has 0 saturated carbocycles. The Labute approximate surface area is 105 Å². The first-order valence-electron chi connectivity index (χ1n) is 5.59. The maximum absolute atomic E-state index is 10.8. The lowest BCUT2D eigenvalue weighted by Crippen LogP contribution is -2.00. The van der Waals surface area contributed by atoms with Crippen LogP contribution < -0.4 is 4.74 Å². The zero-order valence-corrected chi connectivity index (χ0v) is 10.00. The van der Waals surface area contributed by atoms with Crippen LogP contribution in [0.4, 0.5) is 5.69 Å². The van der Waals surface area contributed by atoms with Crippen LogP contribution in [0.25, 0.3) is 0 Å². The van der Waals surface area contributed by atoms with Crippen molar-refractivity contribution in [1.82, 2.24) is 0 Å². The van der Waals surface area contributed by atoms with Crippen LogP contribution in [-0.2, 0) is 6.61 Å². The van der Waals surface area contributed by atoms with Crippen molar-refractivity contribution in [3.05, 3.63) is 69.8 Å². The molecule has 0 unspecified atom stereocenters. The molecule has 0 aliphatic rings. The van der Waals surface area contributed by atoms with E-state index in [0.717, 1.165) is 11.3 Å². The third kappa shape index (κ3) is 2.66. The molecule has 0 amide bonds. The van der Waals surface area contributed by atoms with E-state index >= 15 is 0 Å². The molecule has 4 heteroatoms. The first-order chi connectivity index (χ1) is 8.68. The van der Waals surface area contributed by atoms with Crippen molar-refractivity contribution < 1.29 is 9.66 Å². The number of nitro benzene ring substituents is 1. The highest BCUT2D eigenvalue weighted by molar-refractivity contribution is 5.44. The number of nitrogens with zero attached hydrogens (tertiary/aromatic N) is 1. The van der Waals surface area contributed by atoms with Crippen LogP contribution in [-0.4, -0.2) is 4.92 Å². The Morgan fingerprint density at radius 2 is 1.83 bits per heavy atom. The smallest absolute Gasteiger partial charge is 0.272 e. The number of nitro groups is 1. The molecule has 0 aliphatic heterocycles. The highest BCUT2D eigenvalue weighted by Crippen LogP contribution is 2.22. The second kappa shape index (κ2) is 5.31. The molecule has 0 heterocycles. The first-order valence-corrected chi connectivity index (χ1v) is 5.59. The minimum Gasteiger partial charge on any atom is -0.489 e.